The number of rotatable bonds is 0. The fraction of sp³-hybridized carbons (Fsp3) is 0.917. The van der Waals surface area contributed by atoms with Crippen molar-refractivity contribution in [3.63, 3.8) is 0 Å². The van der Waals surface area contributed by atoms with E-state index in [1.54, 1.807) is 0 Å². The molecule has 3 fully saturated rings. The highest BCUT2D eigenvalue weighted by molar-refractivity contribution is 5.68. The summed E-state index contributed by atoms with van der Waals surface area (Å²) < 4.78 is 11.2. The summed E-state index contributed by atoms with van der Waals surface area (Å²) in [6.45, 7) is 8.06. The van der Waals surface area contributed by atoms with Gasteiger partial charge in [-0.3, -0.25) is 0 Å². The molecule has 0 spiro atoms. The predicted molar refractivity (Wildman–Crippen MR) is 58.1 cm³/mol. The number of amides is 1. The minimum Gasteiger partial charge on any atom is -0.444 e. The van der Waals surface area contributed by atoms with Gasteiger partial charge in [-0.15, -0.1) is 0 Å². The normalized spacial score (nSPS) is 40.6. The van der Waals surface area contributed by atoms with E-state index < -0.39 is 5.60 Å². The number of piperidine rings is 1. The molecule has 1 amide bonds. The van der Waals surface area contributed by atoms with Crippen LogP contribution in [0.5, 0.6) is 0 Å². The van der Waals surface area contributed by atoms with Crippen molar-refractivity contribution in [2.45, 2.75) is 38.4 Å². The van der Waals surface area contributed by atoms with E-state index in [9.17, 15) is 4.79 Å². The fourth-order valence-electron chi connectivity index (χ4n) is 3.01. The SMILES string of the molecule is CC(C)(C)OC(=O)N1CC2COC3(CC23)C1. The molecule has 2 bridgehead atoms. The summed E-state index contributed by atoms with van der Waals surface area (Å²) in [5.41, 5.74) is -0.394. The Morgan fingerprint density at radius 2 is 2.25 bits per heavy atom. The Hall–Kier alpha value is -0.770. The number of carbonyl (C=O) groups is 1. The zero-order valence-electron chi connectivity index (χ0n) is 10.2. The van der Waals surface area contributed by atoms with E-state index in [1.165, 1.54) is 0 Å². The molecule has 0 aromatic carbocycles. The molecule has 3 atom stereocenters. The summed E-state index contributed by atoms with van der Waals surface area (Å²) in [7, 11) is 0. The molecule has 0 N–H and O–H groups in total. The van der Waals surface area contributed by atoms with Crippen LogP contribution in [0.1, 0.15) is 27.2 Å². The van der Waals surface area contributed by atoms with Crippen LogP contribution in [0.25, 0.3) is 0 Å². The third-order valence-corrected chi connectivity index (χ3v) is 3.80. The average molecular weight is 225 g/mol. The molecule has 3 rings (SSSR count). The number of carbonyl (C=O) groups excluding carboxylic acids is 1. The molecule has 0 aromatic rings. The Kier molecular flexibility index (Phi) is 1.89. The lowest BCUT2D eigenvalue weighted by atomic mass is 10.0. The molecular formula is C12H19NO3. The first kappa shape index (κ1) is 10.4. The van der Waals surface area contributed by atoms with Gasteiger partial charge in [-0.05, 0) is 33.1 Å². The summed E-state index contributed by atoms with van der Waals surface area (Å²) >= 11 is 0. The number of hydrogen-bond donors (Lipinski definition) is 0. The van der Waals surface area contributed by atoms with Crippen molar-refractivity contribution in [3.8, 4) is 0 Å². The molecule has 1 aliphatic carbocycles. The zero-order valence-corrected chi connectivity index (χ0v) is 10.2. The smallest absolute Gasteiger partial charge is 0.410 e. The molecule has 3 aliphatic rings. The maximum absolute atomic E-state index is 11.9. The van der Waals surface area contributed by atoms with Crippen LogP contribution in [0.3, 0.4) is 0 Å². The Balaban J connectivity index is 1.67. The van der Waals surface area contributed by atoms with Crippen molar-refractivity contribution in [1.82, 2.24) is 4.90 Å². The van der Waals surface area contributed by atoms with Crippen LogP contribution < -0.4 is 0 Å². The topological polar surface area (TPSA) is 38.8 Å². The first-order valence-corrected chi connectivity index (χ1v) is 6.02. The average Bonchev–Trinajstić information content (AvgIpc) is 2.83. The Morgan fingerprint density at radius 1 is 1.50 bits per heavy atom. The van der Waals surface area contributed by atoms with Crippen molar-refractivity contribution in [2.24, 2.45) is 11.8 Å². The molecular weight excluding hydrogens is 206 g/mol. The lowest BCUT2D eigenvalue weighted by Crippen LogP contribution is -2.46. The molecule has 0 radical (unpaired) electrons. The highest BCUT2D eigenvalue weighted by Gasteiger charge is 2.67. The van der Waals surface area contributed by atoms with Crippen molar-refractivity contribution >= 4 is 6.09 Å². The summed E-state index contributed by atoms with van der Waals surface area (Å²) in [4.78, 5) is 13.8. The first-order chi connectivity index (χ1) is 7.40. The van der Waals surface area contributed by atoms with Gasteiger partial charge in [0, 0.05) is 12.5 Å². The van der Waals surface area contributed by atoms with Crippen LogP contribution >= 0.6 is 0 Å². The van der Waals surface area contributed by atoms with Crippen LogP contribution in [-0.4, -0.2) is 41.9 Å². The van der Waals surface area contributed by atoms with Crippen LogP contribution in [0.4, 0.5) is 4.79 Å². The summed E-state index contributed by atoms with van der Waals surface area (Å²) in [6, 6.07) is 0. The molecule has 1 saturated carbocycles. The van der Waals surface area contributed by atoms with Gasteiger partial charge in [0.2, 0.25) is 0 Å². The van der Waals surface area contributed by atoms with Gasteiger partial charge >= 0.3 is 6.09 Å². The number of hydrogen-bond acceptors (Lipinski definition) is 3. The second-order valence-electron chi connectivity index (χ2n) is 6.31. The summed E-state index contributed by atoms with van der Waals surface area (Å²) in [6.07, 6.45) is 0.949. The lowest BCUT2D eigenvalue weighted by Gasteiger charge is -2.32. The second-order valence-corrected chi connectivity index (χ2v) is 6.31. The van der Waals surface area contributed by atoms with Gasteiger partial charge in [-0.2, -0.15) is 0 Å². The third-order valence-electron chi connectivity index (χ3n) is 3.80. The molecule has 0 aromatic heterocycles. The monoisotopic (exact) mass is 225 g/mol. The third kappa shape index (κ3) is 1.51. The number of ether oxygens (including phenoxy) is 2. The van der Waals surface area contributed by atoms with Gasteiger partial charge in [0.25, 0.3) is 0 Å². The maximum Gasteiger partial charge on any atom is 0.410 e. The molecule has 2 heterocycles. The zero-order chi connectivity index (χ0) is 11.6. The van der Waals surface area contributed by atoms with Gasteiger partial charge in [0.15, 0.2) is 0 Å². The van der Waals surface area contributed by atoms with Crippen molar-refractivity contribution in [1.29, 1.82) is 0 Å². The number of nitrogens with zero attached hydrogens (tertiary/aromatic N) is 1. The van der Waals surface area contributed by atoms with Gasteiger partial charge in [0.05, 0.1) is 18.8 Å². The molecule has 2 aliphatic heterocycles. The predicted octanol–water partition coefficient (Wildman–Crippen LogP) is 1.64. The van der Waals surface area contributed by atoms with E-state index in [0.29, 0.717) is 11.8 Å². The van der Waals surface area contributed by atoms with E-state index in [4.69, 9.17) is 9.47 Å². The van der Waals surface area contributed by atoms with Crippen LogP contribution in [-0.2, 0) is 9.47 Å². The molecule has 4 heteroatoms. The van der Waals surface area contributed by atoms with Gasteiger partial charge in [-0.1, -0.05) is 0 Å². The standard InChI is InChI=1S/C12H19NO3/c1-11(2,3)16-10(14)13-5-8-6-15-12(7-13)4-9(8)12/h8-9H,4-7H2,1-3H3. The van der Waals surface area contributed by atoms with E-state index in [0.717, 1.165) is 26.1 Å². The number of likely N-dealkylation sites (tertiary alicyclic amines) is 1. The van der Waals surface area contributed by atoms with Gasteiger partial charge in [-0.25, -0.2) is 4.79 Å². The van der Waals surface area contributed by atoms with Crippen molar-refractivity contribution in [3.05, 3.63) is 0 Å². The Bertz CT molecular complexity index is 336. The summed E-state index contributed by atoms with van der Waals surface area (Å²) in [5.74, 6) is 1.26. The van der Waals surface area contributed by atoms with Crippen LogP contribution in [0, 0.1) is 11.8 Å². The molecule has 16 heavy (non-hydrogen) atoms. The Morgan fingerprint density at radius 3 is 2.81 bits per heavy atom. The van der Waals surface area contributed by atoms with Gasteiger partial charge in [0.1, 0.15) is 5.60 Å². The molecule has 2 saturated heterocycles. The highest BCUT2D eigenvalue weighted by Crippen LogP contribution is 2.59. The fourth-order valence-corrected chi connectivity index (χ4v) is 3.01. The lowest BCUT2D eigenvalue weighted by molar-refractivity contribution is 0.00536. The van der Waals surface area contributed by atoms with Gasteiger partial charge < -0.3 is 14.4 Å². The van der Waals surface area contributed by atoms with Crippen LogP contribution in [0.15, 0.2) is 0 Å². The molecule has 4 nitrogen and oxygen atoms in total. The van der Waals surface area contributed by atoms with Crippen LogP contribution in [0.2, 0.25) is 0 Å². The highest BCUT2D eigenvalue weighted by atomic mass is 16.6. The second kappa shape index (κ2) is 2.92. The van der Waals surface area contributed by atoms with E-state index in [-0.39, 0.29) is 11.7 Å². The summed E-state index contributed by atoms with van der Waals surface area (Å²) in [5, 5.41) is 0. The Labute approximate surface area is 95.9 Å². The van der Waals surface area contributed by atoms with Crippen molar-refractivity contribution in [2.75, 3.05) is 19.7 Å². The van der Waals surface area contributed by atoms with E-state index >= 15 is 0 Å². The maximum atomic E-state index is 11.9. The molecule has 3 unspecified atom stereocenters. The minimum atomic E-state index is -0.408. The van der Waals surface area contributed by atoms with E-state index in [2.05, 4.69) is 0 Å². The molecule has 90 valence electrons. The first-order valence-electron chi connectivity index (χ1n) is 6.02. The largest absolute Gasteiger partial charge is 0.444 e. The van der Waals surface area contributed by atoms with Crippen molar-refractivity contribution < 1.29 is 14.3 Å². The van der Waals surface area contributed by atoms with E-state index in [1.807, 2.05) is 25.7 Å². The minimum absolute atomic E-state index is 0.0137. The quantitative estimate of drug-likeness (QED) is 0.629.